The van der Waals surface area contributed by atoms with Gasteiger partial charge in [0.25, 0.3) is 0 Å². The molecule has 0 aromatic rings. The lowest BCUT2D eigenvalue weighted by atomic mass is 9.44. The molecule has 3 nitrogen and oxygen atoms in total. The van der Waals surface area contributed by atoms with E-state index in [1.54, 1.807) is 0 Å². The van der Waals surface area contributed by atoms with Crippen LogP contribution < -0.4 is 5.73 Å². The summed E-state index contributed by atoms with van der Waals surface area (Å²) in [5.41, 5.74) is 7.07. The van der Waals surface area contributed by atoms with Gasteiger partial charge in [0.15, 0.2) is 5.79 Å². The van der Waals surface area contributed by atoms with E-state index in [0.717, 1.165) is 62.2 Å². The van der Waals surface area contributed by atoms with E-state index >= 15 is 0 Å². The van der Waals surface area contributed by atoms with Gasteiger partial charge in [-0.1, -0.05) is 13.8 Å². The first-order chi connectivity index (χ1) is 12.5. The fraction of sp³-hybridized carbons (Fsp3) is 1.00. The molecule has 1 aliphatic heterocycles. The van der Waals surface area contributed by atoms with Crippen molar-refractivity contribution in [3.63, 3.8) is 0 Å². The Morgan fingerprint density at radius 1 is 0.846 bits per heavy atom. The molecule has 5 aliphatic rings. The minimum atomic E-state index is -0.209. The van der Waals surface area contributed by atoms with Crippen molar-refractivity contribution in [3.05, 3.63) is 0 Å². The van der Waals surface area contributed by atoms with Crippen molar-refractivity contribution in [2.24, 2.45) is 46.2 Å². The zero-order chi connectivity index (χ0) is 18.0. The van der Waals surface area contributed by atoms with E-state index in [0.29, 0.717) is 10.8 Å². The molecule has 26 heavy (non-hydrogen) atoms. The van der Waals surface area contributed by atoms with Crippen LogP contribution in [0.25, 0.3) is 0 Å². The number of hydrogen-bond acceptors (Lipinski definition) is 3. The quantitative estimate of drug-likeness (QED) is 0.773. The maximum Gasteiger partial charge on any atom is 0.168 e. The number of nitrogens with two attached hydrogens (primary N) is 1. The van der Waals surface area contributed by atoms with Gasteiger partial charge in [-0.25, -0.2) is 0 Å². The van der Waals surface area contributed by atoms with Crippen LogP contribution in [0.2, 0.25) is 0 Å². The fourth-order valence-electron chi connectivity index (χ4n) is 8.74. The summed E-state index contributed by atoms with van der Waals surface area (Å²) in [6, 6.07) is 0. The molecule has 5 fully saturated rings. The van der Waals surface area contributed by atoms with E-state index in [1.165, 1.54) is 51.4 Å². The van der Waals surface area contributed by atoms with Crippen molar-refractivity contribution in [2.75, 3.05) is 19.8 Å². The van der Waals surface area contributed by atoms with E-state index < -0.39 is 0 Å². The molecule has 0 bridgehead atoms. The molecule has 0 amide bonds. The predicted molar refractivity (Wildman–Crippen MR) is 104 cm³/mol. The Morgan fingerprint density at radius 2 is 1.62 bits per heavy atom. The Balaban J connectivity index is 1.37. The smallest absolute Gasteiger partial charge is 0.168 e. The van der Waals surface area contributed by atoms with Crippen LogP contribution in [0.4, 0.5) is 0 Å². The van der Waals surface area contributed by atoms with Crippen LogP contribution in [-0.2, 0) is 9.47 Å². The van der Waals surface area contributed by atoms with Gasteiger partial charge < -0.3 is 15.2 Å². The van der Waals surface area contributed by atoms with Crippen LogP contribution in [0.15, 0.2) is 0 Å². The zero-order valence-electron chi connectivity index (χ0n) is 17.0. The molecule has 1 spiro atoms. The van der Waals surface area contributed by atoms with E-state index in [9.17, 15) is 0 Å². The van der Waals surface area contributed by atoms with Crippen LogP contribution in [0, 0.1) is 40.4 Å². The summed E-state index contributed by atoms with van der Waals surface area (Å²) >= 11 is 0. The molecule has 4 saturated carbocycles. The largest absolute Gasteiger partial charge is 0.348 e. The number of fused-ring (bicyclic) bond motifs is 5. The highest BCUT2D eigenvalue weighted by molar-refractivity contribution is 5.10. The second-order valence-corrected chi connectivity index (χ2v) is 10.9. The molecule has 1 saturated heterocycles. The highest BCUT2D eigenvalue weighted by Crippen LogP contribution is 2.68. The van der Waals surface area contributed by atoms with Gasteiger partial charge in [0, 0.05) is 12.8 Å². The van der Waals surface area contributed by atoms with Gasteiger partial charge >= 0.3 is 0 Å². The van der Waals surface area contributed by atoms with Crippen LogP contribution >= 0.6 is 0 Å². The highest BCUT2D eigenvalue weighted by atomic mass is 16.7. The lowest BCUT2D eigenvalue weighted by molar-refractivity contribution is -0.229. The van der Waals surface area contributed by atoms with Crippen molar-refractivity contribution < 1.29 is 9.47 Å². The van der Waals surface area contributed by atoms with E-state index in [4.69, 9.17) is 15.2 Å². The Hall–Kier alpha value is -0.120. The molecule has 7 unspecified atom stereocenters. The van der Waals surface area contributed by atoms with Gasteiger partial charge in [0.2, 0.25) is 0 Å². The van der Waals surface area contributed by atoms with Gasteiger partial charge in [-0.2, -0.15) is 0 Å². The van der Waals surface area contributed by atoms with E-state index in [1.807, 2.05) is 0 Å². The predicted octanol–water partition coefficient (Wildman–Crippen LogP) is 4.74. The molecule has 2 N–H and O–H groups in total. The molecule has 4 aliphatic carbocycles. The summed E-state index contributed by atoms with van der Waals surface area (Å²) < 4.78 is 12.2. The maximum atomic E-state index is 6.10. The molecule has 0 aromatic heterocycles. The molecule has 5 rings (SSSR count). The van der Waals surface area contributed by atoms with Gasteiger partial charge in [0.1, 0.15) is 0 Å². The zero-order valence-corrected chi connectivity index (χ0v) is 17.0. The Morgan fingerprint density at radius 3 is 2.38 bits per heavy atom. The van der Waals surface area contributed by atoms with Crippen molar-refractivity contribution in [2.45, 2.75) is 83.8 Å². The van der Waals surface area contributed by atoms with Gasteiger partial charge in [-0.3, -0.25) is 0 Å². The Bertz CT molecular complexity index is 544. The molecule has 7 atom stereocenters. The molecular formula is C23H39NO2. The SMILES string of the molecule is CC12CCC3C(CCC4CC5(CCC43C)OCCO5)C1CCC2CCN. The Labute approximate surface area is 159 Å². The first-order valence-electron chi connectivity index (χ1n) is 11.5. The van der Waals surface area contributed by atoms with Crippen LogP contribution in [0.1, 0.15) is 78.1 Å². The monoisotopic (exact) mass is 361 g/mol. The van der Waals surface area contributed by atoms with E-state index in [-0.39, 0.29) is 5.79 Å². The summed E-state index contributed by atoms with van der Waals surface area (Å²) in [6.07, 6.45) is 13.5. The van der Waals surface area contributed by atoms with Crippen molar-refractivity contribution in [1.82, 2.24) is 0 Å². The van der Waals surface area contributed by atoms with Crippen LogP contribution in [-0.4, -0.2) is 25.5 Å². The van der Waals surface area contributed by atoms with Crippen LogP contribution in [0.5, 0.6) is 0 Å². The van der Waals surface area contributed by atoms with Crippen molar-refractivity contribution in [3.8, 4) is 0 Å². The molecule has 0 aromatic carbocycles. The van der Waals surface area contributed by atoms with Crippen molar-refractivity contribution in [1.29, 1.82) is 0 Å². The topological polar surface area (TPSA) is 44.5 Å². The molecule has 3 heteroatoms. The molecule has 0 radical (unpaired) electrons. The van der Waals surface area contributed by atoms with E-state index in [2.05, 4.69) is 13.8 Å². The Kier molecular flexibility index (Phi) is 4.27. The third-order valence-electron chi connectivity index (χ3n) is 10.2. The average molecular weight is 362 g/mol. The maximum absolute atomic E-state index is 6.10. The number of ether oxygens (including phenoxy) is 2. The van der Waals surface area contributed by atoms with Gasteiger partial charge in [-0.15, -0.1) is 0 Å². The lowest BCUT2D eigenvalue weighted by Crippen LogP contribution is -2.56. The summed E-state index contributed by atoms with van der Waals surface area (Å²) in [6.45, 7) is 7.76. The molecule has 148 valence electrons. The summed E-state index contributed by atoms with van der Waals surface area (Å²) in [7, 11) is 0. The summed E-state index contributed by atoms with van der Waals surface area (Å²) in [4.78, 5) is 0. The minimum absolute atomic E-state index is 0.209. The second kappa shape index (κ2) is 6.19. The highest BCUT2D eigenvalue weighted by Gasteiger charge is 2.61. The van der Waals surface area contributed by atoms with Crippen molar-refractivity contribution >= 4 is 0 Å². The summed E-state index contributed by atoms with van der Waals surface area (Å²) in [5.74, 6) is 4.36. The van der Waals surface area contributed by atoms with Gasteiger partial charge in [0.05, 0.1) is 13.2 Å². The summed E-state index contributed by atoms with van der Waals surface area (Å²) in [5, 5.41) is 0. The van der Waals surface area contributed by atoms with Crippen LogP contribution in [0.3, 0.4) is 0 Å². The number of hydrogen-bond donors (Lipinski definition) is 1. The second-order valence-electron chi connectivity index (χ2n) is 10.9. The minimum Gasteiger partial charge on any atom is -0.348 e. The third kappa shape index (κ3) is 2.42. The lowest BCUT2D eigenvalue weighted by Gasteiger charge is -2.62. The normalized spacial score (nSPS) is 52.5. The first-order valence-corrected chi connectivity index (χ1v) is 11.5. The number of rotatable bonds is 2. The standard InChI is InChI=1S/C23H39NO2/c1-21-9-7-20-18(19(21)6-4-16(21)8-12-24)5-3-17-15-23(25-13-14-26-23)11-10-22(17,20)2/h16-20H,3-15,24H2,1-2H3. The fourth-order valence-corrected chi connectivity index (χ4v) is 8.74. The molecular weight excluding hydrogens is 322 g/mol. The average Bonchev–Trinajstić information content (AvgIpc) is 3.21. The third-order valence-corrected chi connectivity index (χ3v) is 10.2. The molecule has 1 heterocycles. The first kappa shape index (κ1) is 17.9. The van der Waals surface area contributed by atoms with Gasteiger partial charge in [-0.05, 0) is 98.3 Å².